The van der Waals surface area contributed by atoms with Crippen LogP contribution in [-0.4, -0.2) is 31.6 Å². The van der Waals surface area contributed by atoms with Crippen LogP contribution in [0.15, 0.2) is 36.4 Å². The second kappa shape index (κ2) is 6.90. The topological polar surface area (TPSA) is 67.9 Å². The Balaban J connectivity index is 1.48. The lowest BCUT2D eigenvalue weighted by atomic mass is 10.1. The molecule has 140 valence electrons. The molecule has 0 aromatic heterocycles. The molecule has 2 aromatic rings. The number of nitrogens with one attached hydrogen (secondary N) is 1. The molecule has 4 rings (SSSR count). The standard InChI is InChI=1S/C20H19FN2O4/c1-12-2-4-16(15(21)8-12)22-20(25)13-9-19(24)23(11-13)14-3-5-17-18(10-14)27-7-6-26-17/h2-5,8,10,13H,6-7,9,11H2,1H3,(H,22,25)/t13-/m1/s1. The number of benzene rings is 2. The Hall–Kier alpha value is -3.09. The molecule has 2 heterocycles. The number of ether oxygens (including phenoxy) is 2. The Labute approximate surface area is 155 Å². The number of fused-ring (bicyclic) bond motifs is 1. The Kier molecular flexibility index (Phi) is 4.43. The smallest absolute Gasteiger partial charge is 0.229 e. The molecule has 0 radical (unpaired) electrons. The number of halogens is 1. The third kappa shape index (κ3) is 3.45. The van der Waals surface area contributed by atoms with Crippen LogP contribution in [0.2, 0.25) is 0 Å². The van der Waals surface area contributed by atoms with Crippen molar-refractivity contribution in [1.82, 2.24) is 0 Å². The van der Waals surface area contributed by atoms with Gasteiger partial charge < -0.3 is 19.7 Å². The van der Waals surface area contributed by atoms with E-state index in [-0.39, 0.29) is 30.5 Å². The minimum Gasteiger partial charge on any atom is -0.486 e. The van der Waals surface area contributed by atoms with Crippen molar-refractivity contribution in [3.63, 3.8) is 0 Å². The number of rotatable bonds is 3. The first kappa shape index (κ1) is 17.3. The summed E-state index contributed by atoms with van der Waals surface area (Å²) in [5, 5.41) is 2.58. The molecular formula is C20H19FN2O4. The van der Waals surface area contributed by atoms with Crippen molar-refractivity contribution < 1.29 is 23.5 Å². The quantitative estimate of drug-likeness (QED) is 0.902. The van der Waals surface area contributed by atoms with E-state index in [0.717, 1.165) is 5.56 Å². The van der Waals surface area contributed by atoms with E-state index in [4.69, 9.17) is 9.47 Å². The van der Waals surface area contributed by atoms with Gasteiger partial charge in [0.1, 0.15) is 19.0 Å². The molecule has 2 aliphatic heterocycles. The zero-order valence-electron chi connectivity index (χ0n) is 14.8. The average molecular weight is 370 g/mol. The van der Waals surface area contributed by atoms with Crippen molar-refractivity contribution in [3.05, 3.63) is 47.8 Å². The van der Waals surface area contributed by atoms with E-state index in [1.54, 1.807) is 36.1 Å². The Morgan fingerprint density at radius 3 is 2.70 bits per heavy atom. The van der Waals surface area contributed by atoms with Crippen LogP contribution in [0.5, 0.6) is 11.5 Å². The number of amides is 2. The van der Waals surface area contributed by atoms with Crippen LogP contribution in [0.25, 0.3) is 0 Å². The fourth-order valence-electron chi connectivity index (χ4n) is 3.29. The highest BCUT2D eigenvalue weighted by atomic mass is 19.1. The average Bonchev–Trinajstić information content (AvgIpc) is 3.05. The summed E-state index contributed by atoms with van der Waals surface area (Å²) in [7, 11) is 0. The molecule has 27 heavy (non-hydrogen) atoms. The van der Waals surface area contributed by atoms with Crippen molar-refractivity contribution in [2.24, 2.45) is 5.92 Å². The van der Waals surface area contributed by atoms with E-state index in [9.17, 15) is 14.0 Å². The van der Waals surface area contributed by atoms with Gasteiger partial charge in [-0.05, 0) is 36.8 Å². The van der Waals surface area contributed by atoms with Crippen molar-refractivity contribution in [2.75, 3.05) is 30.0 Å². The van der Waals surface area contributed by atoms with E-state index in [0.29, 0.717) is 30.4 Å². The number of aryl methyl sites for hydroxylation is 1. The maximum Gasteiger partial charge on any atom is 0.229 e. The van der Waals surface area contributed by atoms with Gasteiger partial charge in [-0.3, -0.25) is 9.59 Å². The van der Waals surface area contributed by atoms with Crippen LogP contribution >= 0.6 is 0 Å². The number of carbonyl (C=O) groups excluding carboxylic acids is 2. The van der Waals surface area contributed by atoms with Gasteiger partial charge in [-0.1, -0.05) is 6.07 Å². The van der Waals surface area contributed by atoms with Crippen LogP contribution in [-0.2, 0) is 9.59 Å². The first-order chi connectivity index (χ1) is 13.0. The van der Waals surface area contributed by atoms with Gasteiger partial charge in [0.05, 0.1) is 11.6 Å². The zero-order chi connectivity index (χ0) is 19.0. The maximum absolute atomic E-state index is 14.0. The first-order valence-electron chi connectivity index (χ1n) is 8.78. The molecule has 0 bridgehead atoms. The molecule has 0 spiro atoms. The fraction of sp³-hybridized carbons (Fsp3) is 0.300. The molecule has 0 aliphatic carbocycles. The summed E-state index contributed by atoms with van der Waals surface area (Å²) in [6, 6.07) is 9.87. The van der Waals surface area contributed by atoms with Gasteiger partial charge in [0.15, 0.2) is 11.5 Å². The molecule has 6 nitrogen and oxygen atoms in total. The largest absolute Gasteiger partial charge is 0.486 e. The second-order valence-corrected chi connectivity index (χ2v) is 6.71. The number of anilines is 2. The van der Waals surface area contributed by atoms with Gasteiger partial charge in [-0.2, -0.15) is 0 Å². The van der Waals surface area contributed by atoms with E-state index in [1.807, 2.05) is 0 Å². The van der Waals surface area contributed by atoms with Crippen molar-refractivity contribution in [1.29, 1.82) is 0 Å². The Morgan fingerprint density at radius 2 is 1.93 bits per heavy atom. The van der Waals surface area contributed by atoms with Gasteiger partial charge in [0.25, 0.3) is 0 Å². The molecule has 1 saturated heterocycles. The lowest BCUT2D eigenvalue weighted by molar-refractivity contribution is -0.122. The number of hydrogen-bond donors (Lipinski definition) is 1. The van der Waals surface area contributed by atoms with E-state index < -0.39 is 11.7 Å². The van der Waals surface area contributed by atoms with E-state index in [1.165, 1.54) is 12.1 Å². The predicted octanol–water partition coefficient (Wildman–Crippen LogP) is 2.90. The number of carbonyl (C=O) groups is 2. The van der Waals surface area contributed by atoms with Gasteiger partial charge >= 0.3 is 0 Å². The van der Waals surface area contributed by atoms with Crippen LogP contribution in [0.4, 0.5) is 15.8 Å². The lowest BCUT2D eigenvalue weighted by Crippen LogP contribution is -2.28. The molecule has 1 atom stereocenters. The van der Waals surface area contributed by atoms with Crippen molar-refractivity contribution in [3.8, 4) is 11.5 Å². The van der Waals surface area contributed by atoms with Crippen LogP contribution in [0.1, 0.15) is 12.0 Å². The molecule has 0 unspecified atom stereocenters. The maximum atomic E-state index is 14.0. The molecule has 1 N–H and O–H groups in total. The van der Waals surface area contributed by atoms with E-state index in [2.05, 4.69) is 5.32 Å². The fourth-order valence-corrected chi connectivity index (χ4v) is 3.29. The van der Waals surface area contributed by atoms with Gasteiger partial charge in [-0.15, -0.1) is 0 Å². The van der Waals surface area contributed by atoms with Crippen LogP contribution in [0, 0.1) is 18.7 Å². The summed E-state index contributed by atoms with van der Waals surface area (Å²) in [5.74, 6) is -0.341. The van der Waals surface area contributed by atoms with Crippen LogP contribution in [0.3, 0.4) is 0 Å². The van der Waals surface area contributed by atoms with Crippen molar-refractivity contribution in [2.45, 2.75) is 13.3 Å². The van der Waals surface area contributed by atoms with Crippen LogP contribution < -0.4 is 19.7 Å². The predicted molar refractivity (Wildman–Crippen MR) is 97.7 cm³/mol. The minimum absolute atomic E-state index is 0.0771. The monoisotopic (exact) mass is 370 g/mol. The summed E-state index contributed by atoms with van der Waals surface area (Å²) in [5.41, 5.74) is 1.54. The summed E-state index contributed by atoms with van der Waals surface area (Å²) < 4.78 is 25.0. The summed E-state index contributed by atoms with van der Waals surface area (Å²) in [6.45, 7) is 2.96. The number of nitrogens with zero attached hydrogens (tertiary/aromatic N) is 1. The molecule has 0 saturated carbocycles. The summed E-state index contributed by atoms with van der Waals surface area (Å²) in [6.07, 6.45) is 0.0771. The van der Waals surface area contributed by atoms with Gasteiger partial charge in [0, 0.05) is 24.7 Å². The second-order valence-electron chi connectivity index (χ2n) is 6.71. The SMILES string of the molecule is Cc1ccc(NC(=O)[C@@H]2CC(=O)N(c3ccc4c(c3)OCCO4)C2)c(F)c1. The molecular weight excluding hydrogens is 351 g/mol. The molecule has 2 aliphatic rings. The third-order valence-electron chi connectivity index (χ3n) is 4.72. The number of hydrogen-bond acceptors (Lipinski definition) is 4. The summed E-state index contributed by atoms with van der Waals surface area (Å²) in [4.78, 5) is 26.5. The molecule has 1 fully saturated rings. The molecule has 7 heteroatoms. The first-order valence-corrected chi connectivity index (χ1v) is 8.78. The zero-order valence-corrected chi connectivity index (χ0v) is 14.8. The lowest BCUT2D eigenvalue weighted by Gasteiger charge is -2.22. The Bertz CT molecular complexity index is 915. The van der Waals surface area contributed by atoms with E-state index >= 15 is 0 Å². The molecule has 2 amide bonds. The third-order valence-corrected chi connectivity index (χ3v) is 4.72. The van der Waals surface area contributed by atoms with Gasteiger partial charge in [-0.25, -0.2) is 4.39 Å². The highest BCUT2D eigenvalue weighted by molar-refractivity contribution is 6.03. The normalized spacial score (nSPS) is 18.5. The minimum atomic E-state index is -0.550. The highest BCUT2D eigenvalue weighted by Gasteiger charge is 2.35. The highest BCUT2D eigenvalue weighted by Crippen LogP contribution is 2.36. The van der Waals surface area contributed by atoms with Gasteiger partial charge in [0.2, 0.25) is 11.8 Å². The molecule has 2 aromatic carbocycles. The summed E-state index contributed by atoms with van der Waals surface area (Å²) >= 11 is 0. The Morgan fingerprint density at radius 1 is 1.15 bits per heavy atom. The van der Waals surface area contributed by atoms with Crippen molar-refractivity contribution >= 4 is 23.2 Å².